The lowest BCUT2D eigenvalue weighted by molar-refractivity contribution is -0.142. The predicted octanol–water partition coefficient (Wildman–Crippen LogP) is 2.84. The third kappa shape index (κ3) is 2.28. The Morgan fingerprint density at radius 1 is 1.53 bits per heavy atom. The Morgan fingerprint density at radius 3 is 2.94 bits per heavy atom. The summed E-state index contributed by atoms with van der Waals surface area (Å²) in [6.45, 7) is 1.80. The number of aliphatic carboxylic acids is 1. The van der Waals surface area contributed by atoms with Crippen LogP contribution in [0.4, 0.5) is 0 Å². The molecule has 92 valence electrons. The number of ether oxygens (including phenoxy) is 1. The Bertz CT molecular complexity index is 425. The van der Waals surface area contributed by atoms with Gasteiger partial charge in [0.25, 0.3) is 0 Å². The van der Waals surface area contributed by atoms with Crippen LogP contribution in [0.2, 0.25) is 0 Å². The van der Waals surface area contributed by atoms with Crippen molar-refractivity contribution in [3.63, 3.8) is 0 Å². The number of hydrogen-bond donors (Lipinski definition) is 1. The van der Waals surface area contributed by atoms with E-state index in [0.29, 0.717) is 0 Å². The molecule has 2 rings (SSSR count). The summed E-state index contributed by atoms with van der Waals surface area (Å²) in [6, 6.07) is 5.99. The van der Waals surface area contributed by atoms with E-state index in [2.05, 4.69) is 0 Å². The molecule has 0 heterocycles. The fraction of sp³-hybridized carbons (Fsp3) is 0.500. The summed E-state index contributed by atoms with van der Waals surface area (Å²) in [5.74, 6) is -0.0318. The van der Waals surface area contributed by atoms with Gasteiger partial charge in [-0.05, 0) is 48.4 Å². The van der Waals surface area contributed by atoms with Gasteiger partial charge in [0.2, 0.25) is 0 Å². The quantitative estimate of drug-likeness (QED) is 0.874. The lowest BCUT2D eigenvalue weighted by Crippen LogP contribution is -2.22. The molecule has 0 aromatic heterocycles. The van der Waals surface area contributed by atoms with Gasteiger partial charge < -0.3 is 9.84 Å². The molecular formula is C14H18O3. The summed E-state index contributed by atoms with van der Waals surface area (Å²) >= 11 is 0. The highest BCUT2D eigenvalue weighted by molar-refractivity contribution is 5.71. The fourth-order valence-corrected chi connectivity index (χ4v) is 2.65. The summed E-state index contributed by atoms with van der Waals surface area (Å²) in [7, 11) is 1.65. The van der Waals surface area contributed by atoms with Crippen molar-refractivity contribution in [2.45, 2.75) is 32.1 Å². The lowest BCUT2D eigenvalue weighted by Gasteiger charge is -2.28. The Hall–Kier alpha value is -1.51. The number of carboxylic acids is 1. The van der Waals surface area contributed by atoms with Gasteiger partial charge in [-0.15, -0.1) is 0 Å². The molecular weight excluding hydrogens is 216 g/mol. The number of carboxylic acid groups (broad SMARTS) is 1. The molecule has 0 fully saturated rings. The van der Waals surface area contributed by atoms with Crippen molar-refractivity contribution in [3.05, 3.63) is 29.3 Å². The molecule has 0 amide bonds. The van der Waals surface area contributed by atoms with Crippen LogP contribution in [0.5, 0.6) is 5.75 Å². The Balaban J connectivity index is 2.34. The standard InChI is InChI=1S/C14H18O3/c1-9(14(15)16)12-5-3-4-10-8-11(17-2)6-7-13(10)12/h6-9,12H,3-5H2,1-2H3,(H,15,16)/t9-,12-/m1/s1. The van der Waals surface area contributed by atoms with Crippen LogP contribution in [0, 0.1) is 5.92 Å². The summed E-state index contributed by atoms with van der Waals surface area (Å²) in [6.07, 6.45) is 3.05. The molecule has 0 bridgehead atoms. The zero-order valence-corrected chi connectivity index (χ0v) is 10.3. The molecule has 3 nitrogen and oxygen atoms in total. The molecule has 1 aromatic rings. The third-order valence-electron chi connectivity index (χ3n) is 3.70. The second-order valence-corrected chi connectivity index (χ2v) is 4.69. The average Bonchev–Trinajstić information content (AvgIpc) is 2.36. The molecule has 0 radical (unpaired) electrons. The van der Waals surface area contributed by atoms with E-state index in [9.17, 15) is 4.79 Å². The normalized spacial score (nSPS) is 20.5. The molecule has 3 heteroatoms. The number of rotatable bonds is 3. The number of fused-ring (bicyclic) bond motifs is 1. The molecule has 1 N–H and O–H groups in total. The van der Waals surface area contributed by atoms with E-state index >= 15 is 0 Å². The highest BCUT2D eigenvalue weighted by Crippen LogP contribution is 2.38. The molecule has 0 saturated carbocycles. The number of methoxy groups -OCH3 is 1. The van der Waals surface area contributed by atoms with E-state index in [-0.39, 0.29) is 11.8 Å². The van der Waals surface area contributed by atoms with Gasteiger partial charge in [-0.1, -0.05) is 13.0 Å². The number of aryl methyl sites for hydroxylation is 1. The van der Waals surface area contributed by atoms with Crippen molar-refractivity contribution in [3.8, 4) is 5.75 Å². The number of hydrogen-bond acceptors (Lipinski definition) is 2. The maximum atomic E-state index is 11.1. The summed E-state index contributed by atoms with van der Waals surface area (Å²) in [4.78, 5) is 11.1. The van der Waals surface area contributed by atoms with Crippen molar-refractivity contribution < 1.29 is 14.6 Å². The first kappa shape index (κ1) is 12.0. The Kier molecular flexibility index (Phi) is 3.36. The smallest absolute Gasteiger partial charge is 0.306 e. The summed E-state index contributed by atoms with van der Waals surface area (Å²) < 4.78 is 5.21. The second-order valence-electron chi connectivity index (χ2n) is 4.69. The van der Waals surface area contributed by atoms with E-state index in [1.165, 1.54) is 11.1 Å². The summed E-state index contributed by atoms with van der Waals surface area (Å²) in [5, 5.41) is 9.14. The van der Waals surface area contributed by atoms with Gasteiger partial charge in [0, 0.05) is 0 Å². The molecule has 0 aliphatic heterocycles. The van der Waals surface area contributed by atoms with Gasteiger partial charge in [0.05, 0.1) is 13.0 Å². The average molecular weight is 234 g/mol. The van der Waals surface area contributed by atoms with Gasteiger partial charge in [-0.25, -0.2) is 0 Å². The van der Waals surface area contributed by atoms with Crippen molar-refractivity contribution in [2.75, 3.05) is 7.11 Å². The van der Waals surface area contributed by atoms with Crippen molar-refractivity contribution >= 4 is 5.97 Å². The van der Waals surface area contributed by atoms with Gasteiger partial charge >= 0.3 is 5.97 Å². The second kappa shape index (κ2) is 4.78. The molecule has 0 saturated heterocycles. The largest absolute Gasteiger partial charge is 0.497 e. The first-order valence-corrected chi connectivity index (χ1v) is 6.03. The van der Waals surface area contributed by atoms with E-state index in [1.54, 1.807) is 14.0 Å². The van der Waals surface area contributed by atoms with E-state index in [1.807, 2.05) is 18.2 Å². The predicted molar refractivity (Wildman–Crippen MR) is 65.5 cm³/mol. The van der Waals surface area contributed by atoms with Gasteiger partial charge in [0.15, 0.2) is 0 Å². The van der Waals surface area contributed by atoms with E-state index < -0.39 is 5.97 Å². The molecule has 2 atom stereocenters. The third-order valence-corrected chi connectivity index (χ3v) is 3.70. The molecule has 0 unspecified atom stereocenters. The highest BCUT2D eigenvalue weighted by atomic mass is 16.5. The van der Waals surface area contributed by atoms with Crippen LogP contribution >= 0.6 is 0 Å². The SMILES string of the molecule is COc1ccc2c(c1)CCC[C@@H]2[C@@H](C)C(=O)O. The molecule has 0 spiro atoms. The van der Waals surface area contributed by atoms with Crippen LogP contribution < -0.4 is 4.74 Å². The summed E-state index contributed by atoms with van der Waals surface area (Å²) in [5.41, 5.74) is 2.43. The number of carbonyl (C=O) groups is 1. The fourth-order valence-electron chi connectivity index (χ4n) is 2.65. The number of benzene rings is 1. The van der Waals surface area contributed by atoms with Crippen LogP contribution in [0.15, 0.2) is 18.2 Å². The van der Waals surface area contributed by atoms with Crippen LogP contribution in [0.3, 0.4) is 0 Å². The van der Waals surface area contributed by atoms with Crippen molar-refractivity contribution in [2.24, 2.45) is 5.92 Å². The molecule has 1 aliphatic rings. The monoisotopic (exact) mass is 234 g/mol. The van der Waals surface area contributed by atoms with Crippen LogP contribution in [0.1, 0.15) is 36.8 Å². The van der Waals surface area contributed by atoms with E-state index in [4.69, 9.17) is 9.84 Å². The zero-order chi connectivity index (χ0) is 12.4. The minimum atomic E-state index is -0.710. The van der Waals surface area contributed by atoms with E-state index in [0.717, 1.165) is 25.0 Å². The molecule has 17 heavy (non-hydrogen) atoms. The first-order chi connectivity index (χ1) is 8.13. The van der Waals surface area contributed by atoms with Gasteiger partial charge in [-0.2, -0.15) is 0 Å². The van der Waals surface area contributed by atoms with Crippen molar-refractivity contribution in [1.82, 2.24) is 0 Å². The van der Waals surface area contributed by atoms with Crippen molar-refractivity contribution in [1.29, 1.82) is 0 Å². The lowest BCUT2D eigenvalue weighted by atomic mass is 9.76. The maximum absolute atomic E-state index is 11.1. The zero-order valence-electron chi connectivity index (χ0n) is 10.3. The van der Waals surface area contributed by atoms with Crippen LogP contribution in [0.25, 0.3) is 0 Å². The van der Waals surface area contributed by atoms with Gasteiger partial charge in [-0.3, -0.25) is 4.79 Å². The Labute approximate surface area is 101 Å². The Morgan fingerprint density at radius 2 is 2.29 bits per heavy atom. The van der Waals surface area contributed by atoms with Crippen LogP contribution in [-0.2, 0) is 11.2 Å². The molecule has 1 aliphatic carbocycles. The van der Waals surface area contributed by atoms with Crippen LogP contribution in [-0.4, -0.2) is 18.2 Å². The minimum absolute atomic E-state index is 0.141. The van der Waals surface area contributed by atoms with Gasteiger partial charge in [0.1, 0.15) is 5.75 Å². The first-order valence-electron chi connectivity index (χ1n) is 6.03. The topological polar surface area (TPSA) is 46.5 Å². The minimum Gasteiger partial charge on any atom is -0.497 e. The molecule has 1 aromatic carbocycles. The highest BCUT2D eigenvalue weighted by Gasteiger charge is 2.29. The maximum Gasteiger partial charge on any atom is 0.306 e.